The number of guanidine groups is 1. The van der Waals surface area contributed by atoms with Crippen molar-refractivity contribution in [2.45, 2.75) is 78.3 Å². The number of carbonyl (C=O) groups is 4. The topological polar surface area (TPSA) is 248 Å². The molecule has 15 nitrogen and oxygen atoms in total. The number of nitrogens with one attached hydrogen (secondary N) is 5. The highest BCUT2D eigenvalue weighted by Gasteiger charge is 2.22. The summed E-state index contributed by atoms with van der Waals surface area (Å²) in [5.41, 5.74) is 18.3. The van der Waals surface area contributed by atoms with Crippen LogP contribution in [0.25, 0.3) is 0 Å². The monoisotopic (exact) mass is 694 g/mol. The zero-order valence-electron chi connectivity index (χ0n) is 29.3. The van der Waals surface area contributed by atoms with Crippen LogP contribution < -0.4 is 38.5 Å². The minimum absolute atomic E-state index is 0.0226. The number of aliphatic carboxylic acids is 1. The SMILES string of the molecule is CCC.CNC(CCCN=C(N)N)C(=O)NCC(=O)NC(CCCCN)C(=O)NCC(=O)O.Cc1ccccc1.Cc1cn(C)c(=S)[nH]1. The third-order valence-corrected chi connectivity index (χ3v) is 6.39. The number of nitrogens with two attached hydrogens (primary N) is 3. The van der Waals surface area contributed by atoms with E-state index in [0.717, 1.165) is 10.5 Å². The molecule has 48 heavy (non-hydrogen) atoms. The summed E-state index contributed by atoms with van der Waals surface area (Å²) < 4.78 is 2.66. The number of rotatable bonds is 16. The summed E-state index contributed by atoms with van der Waals surface area (Å²) in [6.07, 6.45) is 5.76. The molecule has 0 radical (unpaired) electrons. The van der Waals surface area contributed by atoms with Gasteiger partial charge < -0.3 is 53.1 Å². The van der Waals surface area contributed by atoms with Gasteiger partial charge in [-0.15, -0.1) is 0 Å². The number of aliphatic imine (C=N–C) groups is 1. The second kappa shape index (κ2) is 28.9. The lowest BCUT2D eigenvalue weighted by atomic mass is 10.1. The zero-order chi connectivity index (χ0) is 36.9. The number of imidazole rings is 1. The van der Waals surface area contributed by atoms with Crippen molar-refractivity contribution < 1.29 is 24.3 Å². The van der Waals surface area contributed by atoms with Crippen LogP contribution >= 0.6 is 12.2 Å². The van der Waals surface area contributed by atoms with E-state index in [1.54, 1.807) is 7.05 Å². The van der Waals surface area contributed by atoms with E-state index >= 15 is 0 Å². The molecule has 0 saturated carbocycles. The van der Waals surface area contributed by atoms with E-state index in [-0.39, 0.29) is 18.4 Å². The first kappa shape index (κ1) is 45.8. The molecule has 272 valence electrons. The van der Waals surface area contributed by atoms with Gasteiger partial charge in [0, 0.05) is 25.5 Å². The third-order valence-electron chi connectivity index (χ3n) is 6.00. The van der Waals surface area contributed by atoms with Gasteiger partial charge >= 0.3 is 5.97 Å². The molecule has 16 heteroatoms. The molecule has 12 N–H and O–H groups in total. The standard InChI is InChI=1S/C17H34N8O5.C7H8.C5H8N2S.C3H8/c1-21-11(6-4-8-22-17(19)20)15(29)23-9-13(26)25-12(5-2-3-7-18)16(30)24-10-14(27)28;1-7-5-3-2-4-6-7;1-4-3-7(2)5(8)6-4;1-3-2/h11-12,21H,2-10,18H2,1H3,(H,23,29)(H,24,30)(H,25,26)(H,27,28)(H4,19,20,22);2-6H,1H3;3H,1-2H3,(H,6,8);3H2,1-2H3. The Balaban J connectivity index is 0. The Hall–Kier alpha value is -4.28. The van der Waals surface area contributed by atoms with Gasteiger partial charge in [0.1, 0.15) is 12.6 Å². The van der Waals surface area contributed by atoms with Crippen molar-refractivity contribution in [3.05, 3.63) is 52.6 Å². The van der Waals surface area contributed by atoms with E-state index in [1.165, 1.54) is 12.0 Å². The van der Waals surface area contributed by atoms with Gasteiger partial charge in [-0.3, -0.25) is 24.2 Å². The number of unbranched alkanes of at least 4 members (excludes halogenated alkanes) is 1. The number of hydrogen-bond acceptors (Lipinski definition) is 8. The van der Waals surface area contributed by atoms with Gasteiger partial charge in [0.2, 0.25) is 17.7 Å². The number of aromatic amines is 1. The number of benzene rings is 1. The summed E-state index contributed by atoms with van der Waals surface area (Å²) in [6.45, 7) is 8.25. The molecule has 2 rings (SSSR count). The number of hydrogen-bond donors (Lipinski definition) is 9. The molecule has 2 aromatic rings. The summed E-state index contributed by atoms with van der Waals surface area (Å²) in [7, 11) is 3.54. The van der Waals surface area contributed by atoms with Crippen molar-refractivity contribution >= 4 is 41.9 Å². The van der Waals surface area contributed by atoms with E-state index in [9.17, 15) is 19.2 Å². The molecule has 1 aromatic carbocycles. The smallest absolute Gasteiger partial charge is 0.322 e. The van der Waals surface area contributed by atoms with Crippen molar-refractivity contribution in [2.24, 2.45) is 29.2 Å². The number of aryl methyl sites for hydroxylation is 3. The van der Waals surface area contributed by atoms with Crippen LogP contribution in [0, 0.1) is 18.6 Å². The second-order valence-corrected chi connectivity index (χ2v) is 11.1. The Bertz CT molecular complexity index is 1260. The maximum atomic E-state index is 12.2. The van der Waals surface area contributed by atoms with Crippen LogP contribution in [-0.2, 0) is 26.2 Å². The first-order chi connectivity index (χ1) is 22.7. The fourth-order valence-corrected chi connectivity index (χ4v) is 3.88. The lowest BCUT2D eigenvalue weighted by molar-refractivity contribution is -0.138. The van der Waals surface area contributed by atoms with Crippen LogP contribution in [0.4, 0.5) is 0 Å². The highest BCUT2D eigenvalue weighted by molar-refractivity contribution is 7.71. The van der Waals surface area contributed by atoms with Crippen molar-refractivity contribution in [3.8, 4) is 0 Å². The molecule has 0 aliphatic carbocycles. The number of aromatic nitrogens is 2. The van der Waals surface area contributed by atoms with Crippen LogP contribution in [0.15, 0.2) is 41.5 Å². The highest BCUT2D eigenvalue weighted by Crippen LogP contribution is 2.02. The van der Waals surface area contributed by atoms with E-state index < -0.39 is 36.4 Å². The number of nitrogens with zero attached hydrogens (tertiary/aromatic N) is 2. The van der Waals surface area contributed by atoms with Crippen molar-refractivity contribution in [1.82, 2.24) is 30.8 Å². The molecule has 0 saturated heterocycles. The summed E-state index contributed by atoms with van der Waals surface area (Å²) in [6, 6.07) is 8.81. The average Bonchev–Trinajstić information content (AvgIpc) is 3.33. The largest absolute Gasteiger partial charge is 0.480 e. The van der Waals surface area contributed by atoms with Gasteiger partial charge in [-0.25, -0.2) is 0 Å². The Morgan fingerprint density at radius 2 is 1.52 bits per heavy atom. The number of likely N-dealkylation sites (N-methyl/N-ethyl adjacent to an activating group) is 1. The zero-order valence-corrected chi connectivity index (χ0v) is 30.1. The number of amides is 3. The molecule has 0 spiro atoms. The van der Waals surface area contributed by atoms with E-state index in [4.69, 9.17) is 34.5 Å². The Morgan fingerprint density at radius 3 is 1.94 bits per heavy atom. The third kappa shape index (κ3) is 25.9. The van der Waals surface area contributed by atoms with Gasteiger partial charge in [0.15, 0.2) is 10.7 Å². The van der Waals surface area contributed by atoms with E-state index in [0.29, 0.717) is 45.2 Å². The minimum Gasteiger partial charge on any atom is -0.480 e. The molecule has 0 aliphatic heterocycles. The van der Waals surface area contributed by atoms with Gasteiger partial charge in [-0.2, -0.15) is 0 Å². The van der Waals surface area contributed by atoms with Gasteiger partial charge in [0.25, 0.3) is 0 Å². The molecule has 1 aromatic heterocycles. The molecule has 0 fully saturated rings. The first-order valence-electron chi connectivity index (χ1n) is 15.9. The normalized spacial score (nSPS) is 11.0. The predicted molar refractivity (Wildman–Crippen MR) is 194 cm³/mol. The number of H-pyrrole nitrogens is 1. The van der Waals surface area contributed by atoms with Crippen LogP contribution in [0.3, 0.4) is 0 Å². The number of carbonyl (C=O) groups excluding carboxylic acids is 3. The Kier molecular flexibility index (Phi) is 27.6. The fraction of sp³-hybridized carbons (Fsp3) is 0.562. The molecule has 3 amide bonds. The predicted octanol–water partition coefficient (Wildman–Crippen LogP) is 1.36. The molecule has 0 aliphatic rings. The fourth-order valence-electron chi connectivity index (χ4n) is 3.67. The van der Waals surface area contributed by atoms with Crippen LogP contribution in [0.5, 0.6) is 0 Å². The summed E-state index contributed by atoms with van der Waals surface area (Å²) in [5, 5.41) is 18.8. The second-order valence-electron chi connectivity index (χ2n) is 10.7. The number of carboxylic acids is 1. The molecule has 2 atom stereocenters. The quantitative estimate of drug-likeness (QED) is 0.0528. The highest BCUT2D eigenvalue weighted by atomic mass is 32.1. The van der Waals surface area contributed by atoms with Gasteiger partial charge in [-0.1, -0.05) is 56.2 Å². The lowest BCUT2D eigenvalue weighted by Crippen LogP contribution is -2.51. The maximum Gasteiger partial charge on any atom is 0.322 e. The van der Waals surface area contributed by atoms with Gasteiger partial charge in [0.05, 0.1) is 12.6 Å². The Morgan fingerprint density at radius 1 is 0.958 bits per heavy atom. The summed E-state index contributed by atoms with van der Waals surface area (Å²) in [4.78, 5) is 53.9. The lowest BCUT2D eigenvalue weighted by Gasteiger charge is -2.19. The van der Waals surface area contributed by atoms with E-state index in [1.807, 2.05) is 42.9 Å². The first-order valence-corrected chi connectivity index (χ1v) is 16.4. The minimum atomic E-state index is -1.19. The average molecular weight is 695 g/mol. The van der Waals surface area contributed by atoms with Crippen molar-refractivity contribution in [1.29, 1.82) is 0 Å². The summed E-state index contributed by atoms with van der Waals surface area (Å²) in [5.74, 6) is -2.78. The molecule has 0 bridgehead atoms. The van der Waals surface area contributed by atoms with Crippen LogP contribution in [0.2, 0.25) is 0 Å². The van der Waals surface area contributed by atoms with Crippen molar-refractivity contribution in [2.75, 3.05) is 33.2 Å². The molecular formula is C32H58N10O5S. The summed E-state index contributed by atoms with van der Waals surface area (Å²) >= 11 is 4.88. The molecule has 2 unspecified atom stereocenters. The van der Waals surface area contributed by atoms with Crippen LogP contribution in [-0.4, -0.2) is 89.6 Å². The van der Waals surface area contributed by atoms with E-state index in [2.05, 4.69) is 64.1 Å². The molecule has 1 heterocycles. The Labute approximate surface area is 289 Å². The van der Waals surface area contributed by atoms with Crippen LogP contribution in [0.1, 0.15) is 63.6 Å². The van der Waals surface area contributed by atoms with Crippen molar-refractivity contribution in [3.63, 3.8) is 0 Å². The molecular weight excluding hydrogens is 636 g/mol. The maximum absolute atomic E-state index is 12.2. The number of carboxylic acid groups (broad SMARTS) is 1. The van der Waals surface area contributed by atoms with Gasteiger partial charge in [-0.05, 0) is 71.8 Å².